The molecule has 2 fully saturated rings. The van der Waals surface area contributed by atoms with E-state index in [-0.39, 0.29) is 40.8 Å². The summed E-state index contributed by atoms with van der Waals surface area (Å²) in [7, 11) is -4.31. The molecule has 3 heterocycles. The fourth-order valence-electron chi connectivity index (χ4n) is 4.66. The maximum Gasteiger partial charge on any atom is 0.586 e. The summed E-state index contributed by atoms with van der Waals surface area (Å²) in [5.74, 6) is -1.50. The highest BCUT2D eigenvalue weighted by molar-refractivity contribution is 7.89. The van der Waals surface area contributed by atoms with E-state index in [4.69, 9.17) is 11.6 Å². The highest BCUT2D eigenvalue weighted by Crippen LogP contribution is 2.46. The van der Waals surface area contributed by atoms with E-state index < -0.39 is 50.8 Å². The maximum absolute atomic E-state index is 13.5. The summed E-state index contributed by atoms with van der Waals surface area (Å²) in [5.41, 5.74) is -0.436. The molecule has 14 heteroatoms. The first-order valence-corrected chi connectivity index (χ1v) is 12.3. The van der Waals surface area contributed by atoms with Gasteiger partial charge in [0.15, 0.2) is 17.2 Å². The maximum atomic E-state index is 13.5. The molecule has 0 unspecified atom stereocenters. The number of nitrogens with zero attached hydrogens (tertiary/aromatic N) is 1. The first kappa shape index (κ1) is 23.6. The Morgan fingerprint density at radius 2 is 1.74 bits per heavy atom. The van der Waals surface area contributed by atoms with Gasteiger partial charge in [-0.2, -0.15) is 4.31 Å². The highest BCUT2D eigenvalue weighted by Gasteiger charge is 2.48. The molecule has 3 aliphatic heterocycles. The number of carbonyl (C=O) groups excluding carboxylic acids is 2. The predicted molar refractivity (Wildman–Crippen MR) is 118 cm³/mol. The number of sulfonamides is 1. The summed E-state index contributed by atoms with van der Waals surface area (Å²) in [4.78, 5) is 23.8. The number of benzene rings is 2. The van der Waals surface area contributed by atoms with Crippen molar-refractivity contribution in [2.75, 3.05) is 10.6 Å². The van der Waals surface area contributed by atoms with Crippen molar-refractivity contribution in [2.45, 2.75) is 49.0 Å². The summed E-state index contributed by atoms with van der Waals surface area (Å²) in [6.45, 7) is 0. The Balaban J connectivity index is 1.40. The molecule has 0 aromatic heterocycles. The number of ether oxygens (including phenoxy) is 2. The lowest BCUT2D eigenvalue weighted by Gasteiger charge is -2.33. The minimum atomic E-state index is -4.31. The Labute approximate surface area is 202 Å². The Hall–Kier alpha value is -3.16. The molecule has 2 aromatic rings. The normalized spacial score (nSPS) is 22.8. The Bertz CT molecular complexity index is 1340. The summed E-state index contributed by atoms with van der Waals surface area (Å²) in [5, 5.41) is 15.1. The second kappa shape index (κ2) is 8.21. The number of rotatable bonds is 4. The average molecular weight is 530 g/mol. The standard InChI is InChI=1S/C21H18ClF2N3O7S/c22-13-6-7-14(25-20(30)26-15-2-1-3-16-18(15)34-21(23,24)33-16)17(29)19(13)35(31,32)27-10-4-5-11(27)9-12(28)8-10/h1-3,6-7,10-11,29H,4-5,8-9H2,(H2,25,26,30)/t10-,11-/m0/s1. The van der Waals surface area contributed by atoms with Crippen LogP contribution in [-0.2, 0) is 14.8 Å². The quantitative estimate of drug-likeness (QED) is 0.511. The Morgan fingerprint density at radius 1 is 1.09 bits per heavy atom. The van der Waals surface area contributed by atoms with E-state index in [2.05, 4.69) is 20.1 Å². The molecule has 2 bridgehead atoms. The van der Waals surface area contributed by atoms with Gasteiger partial charge < -0.3 is 25.2 Å². The van der Waals surface area contributed by atoms with Gasteiger partial charge in [-0.25, -0.2) is 13.2 Å². The number of carbonyl (C=O) groups is 2. The van der Waals surface area contributed by atoms with Crippen molar-refractivity contribution < 1.29 is 41.4 Å². The van der Waals surface area contributed by atoms with Crippen LogP contribution in [0.25, 0.3) is 0 Å². The summed E-state index contributed by atoms with van der Waals surface area (Å²) >= 11 is 6.14. The molecule has 186 valence electrons. The first-order valence-electron chi connectivity index (χ1n) is 10.5. The zero-order valence-electron chi connectivity index (χ0n) is 17.8. The van der Waals surface area contributed by atoms with Gasteiger partial charge in [-0.3, -0.25) is 4.79 Å². The summed E-state index contributed by atoms with van der Waals surface area (Å²) in [6, 6.07) is 4.20. The number of urea groups is 1. The molecular weight excluding hydrogens is 512 g/mol. The molecule has 0 saturated carbocycles. The number of halogens is 3. The van der Waals surface area contributed by atoms with Crippen LogP contribution in [0.3, 0.4) is 0 Å². The van der Waals surface area contributed by atoms with Gasteiger partial charge in [0, 0.05) is 24.9 Å². The molecule has 2 amide bonds. The number of para-hydroxylation sites is 1. The molecule has 3 N–H and O–H groups in total. The van der Waals surface area contributed by atoms with Gasteiger partial charge in [0.1, 0.15) is 10.7 Å². The minimum Gasteiger partial charge on any atom is -0.504 e. The third kappa shape index (κ3) is 4.13. The van der Waals surface area contributed by atoms with Gasteiger partial charge in [-0.15, -0.1) is 8.78 Å². The number of Topliss-reactive ketones (excluding diaryl/α,β-unsaturated/α-hetero) is 1. The van der Waals surface area contributed by atoms with Crippen molar-refractivity contribution in [3.63, 3.8) is 0 Å². The van der Waals surface area contributed by atoms with Gasteiger partial charge in [0.05, 0.1) is 16.4 Å². The SMILES string of the molecule is O=C1C[C@@H]2CC[C@@H](C1)N2S(=O)(=O)c1c(Cl)ccc(NC(=O)Nc2cccc3c2OC(F)(F)O3)c1O. The Kier molecular flexibility index (Phi) is 5.53. The van der Waals surface area contributed by atoms with Gasteiger partial charge in [0.25, 0.3) is 0 Å². The lowest BCUT2D eigenvalue weighted by Crippen LogP contribution is -2.46. The predicted octanol–water partition coefficient (Wildman–Crippen LogP) is 3.90. The smallest absolute Gasteiger partial charge is 0.504 e. The number of hydrogen-bond donors (Lipinski definition) is 3. The molecule has 10 nitrogen and oxygen atoms in total. The van der Waals surface area contributed by atoms with Crippen molar-refractivity contribution in [3.05, 3.63) is 35.4 Å². The zero-order chi connectivity index (χ0) is 25.1. The minimum absolute atomic E-state index is 0.0223. The summed E-state index contributed by atoms with van der Waals surface area (Å²) in [6.07, 6.45) is -2.70. The van der Waals surface area contributed by atoms with Crippen LogP contribution in [0.4, 0.5) is 25.0 Å². The van der Waals surface area contributed by atoms with Gasteiger partial charge >= 0.3 is 12.3 Å². The molecule has 2 aromatic carbocycles. The topological polar surface area (TPSA) is 134 Å². The number of nitrogens with one attached hydrogen (secondary N) is 2. The number of phenolic OH excluding ortho intramolecular Hbond substituents is 1. The van der Waals surface area contributed by atoms with Crippen LogP contribution < -0.4 is 20.1 Å². The van der Waals surface area contributed by atoms with E-state index in [9.17, 15) is 31.9 Å². The van der Waals surface area contributed by atoms with E-state index in [1.54, 1.807) is 0 Å². The van der Waals surface area contributed by atoms with E-state index in [0.717, 1.165) is 0 Å². The van der Waals surface area contributed by atoms with Gasteiger partial charge in [-0.05, 0) is 37.1 Å². The number of piperidine rings is 1. The van der Waals surface area contributed by atoms with Crippen LogP contribution in [-0.4, -0.2) is 48.0 Å². The van der Waals surface area contributed by atoms with E-state index >= 15 is 0 Å². The van der Waals surface area contributed by atoms with Crippen LogP contribution in [0.2, 0.25) is 5.02 Å². The number of fused-ring (bicyclic) bond motifs is 3. The van der Waals surface area contributed by atoms with Crippen molar-refractivity contribution in [1.82, 2.24) is 4.31 Å². The van der Waals surface area contributed by atoms with Crippen LogP contribution in [0, 0.1) is 0 Å². The van der Waals surface area contributed by atoms with Crippen LogP contribution in [0.1, 0.15) is 25.7 Å². The number of anilines is 2. The van der Waals surface area contributed by atoms with Gasteiger partial charge in [0.2, 0.25) is 10.0 Å². The third-order valence-corrected chi connectivity index (χ3v) is 8.53. The van der Waals surface area contributed by atoms with E-state index in [1.807, 2.05) is 0 Å². The monoisotopic (exact) mass is 529 g/mol. The number of amides is 2. The number of ketones is 1. The van der Waals surface area contributed by atoms with Crippen LogP contribution in [0.15, 0.2) is 35.2 Å². The average Bonchev–Trinajstić information content (AvgIpc) is 3.23. The van der Waals surface area contributed by atoms with Gasteiger partial charge in [-0.1, -0.05) is 17.7 Å². The zero-order valence-corrected chi connectivity index (χ0v) is 19.3. The number of hydrogen-bond acceptors (Lipinski definition) is 7. The number of phenols is 1. The molecule has 0 aliphatic carbocycles. The van der Waals surface area contributed by atoms with Crippen molar-refractivity contribution in [3.8, 4) is 17.2 Å². The molecule has 2 saturated heterocycles. The first-order chi connectivity index (χ1) is 16.5. The largest absolute Gasteiger partial charge is 0.586 e. The second-order valence-electron chi connectivity index (χ2n) is 8.32. The van der Waals surface area contributed by atoms with E-state index in [0.29, 0.717) is 12.8 Å². The van der Waals surface area contributed by atoms with Crippen molar-refractivity contribution in [2.24, 2.45) is 0 Å². The van der Waals surface area contributed by atoms with Crippen molar-refractivity contribution >= 4 is 44.8 Å². The second-order valence-corrected chi connectivity index (χ2v) is 10.5. The Morgan fingerprint density at radius 3 is 2.43 bits per heavy atom. The van der Waals surface area contributed by atoms with Crippen LogP contribution >= 0.6 is 11.6 Å². The lowest BCUT2D eigenvalue weighted by molar-refractivity contribution is -0.286. The molecule has 2 atom stereocenters. The molecule has 3 aliphatic rings. The fraction of sp³-hybridized carbons (Fsp3) is 0.333. The number of alkyl halides is 2. The third-order valence-electron chi connectivity index (χ3n) is 6.02. The fourth-order valence-corrected chi connectivity index (χ4v) is 7.13. The summed E-state index contributed by atoms with van der Waals surface area (Å²) < 4.78 is 63.6. The molecular formula is C21H18ClF2N3O7S. The molecule has 0 radical (unpaired) electrons. The molecule has 35 heavy (non-hydrogen) atoms. The lowest BCUT2D eigenvalue weighted by atomic mass is 10.0. The van der Waals surface area contributed by atoms with Crippen LogP contribution in [0.5, 0.6) is 17.2 Å². The van der Waals surface area contributed by atoms with E-state index in [1.165, 1.54) is 34.6 Å². The number of aromatic hydroxyl groups is 1. The van der Waals surface area contributed by atoms with Crippen molar-refractivity contribution in [1.29, 1.82) is 0 Å². The highest BCUT2D eigenvalue weighted by atomic mass is 35.5. The molecule has 0 spiro atoms. The molecule has 5 rings (SSSR count).